The van der Waals surface area contributed by atoms with Gasteiger partial charge in [0, 0.05) is 21.8 Å². The van der Waals surface area contributed by atoms with Gasteiger partial charge in [0.25, 0.3) is 0 Å². The number of aryl methyl sites for hydroxylation is 3. The molecule has 2 aromatic rings. The summed E-state index contributed by atoms with van der Waals surface area (Å²) < 4.78 is 0. The quantitative estimate of drug-likeness (QED) is 0.858. The van der Waals surface area contributed by atoms with Crippen LogP contribution in [0.15, 0.2) is 29.2 Å². The van der Waals surface area contributed by atoms with Crippen LogP contribution in [0.4, 0.5) is 0 Å². The molecule has 1 N–H and O–H groups in total. The molecule has 0 fully saturated rings. The van der Waals surface area contributed by atoms with E-state index in [9.17, 15) is 4.79 Å². The van der Waals surface area contributed by atoms with E-state index < -0.39 is 5.97 Å². The summed E-state index contributed by atoms with van der Waals surface area (Å²) in [4.78, 5) is 20.9. The number of thioether (sulfide) groups is 1. The van der Waals surface area contributed by atoms with Crippen molar-refractivity contribution in [3.63, 3.8) is 0 Å². The summed E-state index contributed by atoms with van der Waals surface area (Å²) in [5.74, 6) is 0.569. The molecule has 0 amide bonds. The molecule has 0 bridgehead atoms. The van der Waals surface area contributed by atoms with E-state index in [0.29, 0.717) is 11.3 Å². The normalized spacial score (nSPS) is 10.6. The minimum absolute atomic E-state index is 0.0249. The number of carbonyl (C=O) groups is 1. The summed E-state index contributed by atoms with van der Waals surface area (Å²) in [6, 6.07) is 8.20. The predicted molar refractivity (Wildman–Crippen MR) is 83.6 cm³/mol. The average Bonchev–Trinajstić information content (AvgIpc) is 2.42. The first kappa shape index (κ1) is 15.5. The van der Waals surface area contributed by atoms with Crippen molar-refractivity contribution in [2.24, 2.45) is 0 Å². The van der Waals surface area contributed by atoms with Crippen molar-refractivity contribution < 1.29 is 9.90 Å². The molecule has 0 spiro atoms. The molecule has 5 heteroatoms. The molecular weight excluding hydrogens is 284 g/mol. The van der Waals surface area contributed by atoms with Gasteiger partial charge in [-0.25, -0.2) is 9.97 Å². The number of hydrogen-bond donors (Lipinski definition) is 1. The van der Waals surface area contributed by atoms with Gasteiger partial charge in [-0.05, 0) is 32.4 Å². The molecule has 0 saturated heterocycles. The molecule has 21 heavy (non-hydrogen) atoms. The van der Waals surface area contributed by atoms with Crippen LogP contribution in [0.2, 0.25) is 0 Å². The highest BCUT2D eigenvalue weighted by Crippen LogP contribution is 2.25. The van der Waals surface area contributed by atoms with Gasteiger partial charge in [0.15, 0.2) is 0 Å². The molecule has 0 unspecified atom stereocenters. The van der Waals surface area contributed by atoms with Crippen LogP contribution in [0, 0.1) is 20.8 Å². The van der Waals surface area contributed by atoms with E-state index in [1.54, 1.807) is 11.8 Å². The molecule has 0 saturated carbocycles. The number of carboxylic acids is 1. The third kappa shape index (κ3) is 4.04. The molecule has 0 aliphatic heterocycles. The van der Waals surface area contributed by atoms with Gasteiger partial charge < -0.3 is 5.11 Å². The molecule has 1 heterocycles. The minimum atomic E-state index is -0.855. The Kier molecular flexibility index (Phi) is 4.96. The van der Waals surface area contributed by atoms with Crippen molar-refractivity contribution in [2.75, 3.05) is 0 Å². The molecule has 1 aromatic heterocycles. The van der Waals surface area contributed by atoms with Crippen LogP contribution in [0.3, 0.4) is 0 Å². The van der Waals surface area contributed by atoms with Crippen LogP contribution in [-0.4, -0.2) is 21.0 Å². The van der Waals surface area contributed by atoms with Crippen molar-refractivity contribution in [1.29, 1.82) is 0 Å². The van der Waals surface area contributed by atoms with E-state index in [1.807, 2.05) is 26.0 Å². The topological polar surface area (TPSA) is 63.1 Å². The largest absolute Gasteiger partial charge is 0.481 e. The van der Waals surface area contributed by atoms with Crippen LogP contribution >= 0.6 is 11.8 Å². The third-order valence-corrected chi connectivity index (χ3v) is 4.42. The van der Waals surface area contributed by atoms with Crippen LogP contribution in [0.5, 0.6) is 0 Å². The third-order valence-electron chi connectivity index (χ3n) is 3.25. The molecular formula is C16H18N2O2S. The second-order valence-electron chi connectivity index (χ2n) is 4.91. The highest BCUT2D eigenvalue weighted by molar-refractivity contribution is 7.98. The second kappa shape index (κ2) is 6.72. The maximum absolute atomic E-state index is 10.8. The maximum atomic E-state index is 10.8. The molecule has 110 valence electrons. The summed E-state index contributed by atoms with van der Waals surface area (Å²) in [6.45, 7) is 5.76. The summed E-state index contributed by atoms with van der Waals surface area (Å²) in [5, 5.41) is 8.91. The summed E-state index contributed by atoms with van der Waals surface area (Å²) in [6.07, 6.45) is -0.0249. The number of nitrogens with zero attached hydrogens (tertiary/aromatic N) is 2. The lowest BCUT2D eigenvalue weighted by atomic mass is 10.1. The van der Waals surface area contributed by atoms with E-state index in [1.165, 1.54) is 10.5 Å². The number of hydrogen-bond acceptors (Lipinski definition) is 4. The Bertz CT molecular complexity index is 648. The molecule has 0 aliphatic rings. The Hall–Kier alpha value is -1.88. The number of rotatable bonds is 5. The van der Waals surface area contributed by atoms with E-state index in [2.05, 4.69) is 29.0 Å². The highest BCUT2D eigenvalue weighted by atomic mass is 32.2. The maximum Gasteiger partial charge on any atom is 0.307 e. The highest BCUT2D eigenvalue weighted by Gasteiger charge is 2.12. The van der Waals surface area contributed by atoms with Crippen LogP contribution < -0.4 is 0 Å². The van der Waals surface area contributed by atoms with Gasteiger partial charge in [-0.15, -0.1) is 11.8 Å². The molecule has 0 radical (unpaired) electrons. The van der Waals surface area contributed by atoms with E-state index in [0.717, 1.165) is 17.2 Å². The first-order valence-electron chi connectivity index (χ1n) is 6.70. The van der Waals surface area contributed by atoms with Crippen molar-refractivity contribution in [3.05, 3.63) is 52.6 Å². The van der Waals surface area contributed by atoms with Gasteiger partial charge in [0.1, 0.15) is 5.82 Å². The average molecular weight is 302 g/mol. The molecule has 1 aromatic carbocycles. The van der Waals surface area contributed by atoms with Gasteiger partial charge >= 0.3 is 5.97 Å². The SMILES string of the molecule is Cc1ccccc1SCc1nc(C)c(CC(=O)O)c(C)n1. The fourth-order valence-electron chi connectivity index (χ4n) is 2.14. The summed E-state index contributed by atoms with van der Waals surface area (Å²) in [5.41, 5.74) is 3.46. The second-order valence-corrected chi connectivity index (χ2v) is 5.93. The van der Waals surface area contributed by atoms with Crippen LogP contribution in [-0.2, 0) is 17.0 Å². The van der Waals surface area contributed by atoms with Gasteiger partial charge in [0.2, 0.25) is 0 Å². The summed E-state index contributed by atoms with van der Waals surface area (Å²) >= 11 is 1.70. The predicted octanol–water partition coefficient (Wildman–Crippen LogP) is 3.32. The van der Waals surface area contributed by atoms with Gasteiger partial charge in [0.05, 0.1) is 12.2 Å². The molecule has 4 nitrogen and oxygen atoms in total. The lowest BCUT2D eigenvalue weighted by Gasteiger charge is -2.10. The first-order chi connectivity index (χ1) is 9.97. The number of aromatic nitrogens is 2. The monoisotopic (exact) mass is 302 g/mol. The standard InChI is InChI=1S/C16H18N2O2S/c1-10-6-4-5-7-14(10)21-9-15-17-11(2)13(8-16(19)20)12(3)18-15/h4-7H,8-9H2,1-3H3,(H,19,20). The van der Waals surface area contributed by atoms with Crippen molar-refractivity contribution in [1.82, 2.24) is 9.97 Å². The van der Waals surface area contributed by atoms with E-state index >= 15 is 0 Å². The lowest BCUT2D eigenvalue weighted by Crippen LogP contribution is -2.09. The Morgan fingerprint density at radius 1 is 1.14 bits per heavy atom. The number of carboxylic acid groups (broad SMARTS) is 1. The van der Waals surface area contributed by atoms with Gasteiger partial charge in [-0.1, -0.05) is 18.2 Å². The van der Waals surface area contributed by atoms with E-state index in [-0.39, 0.29) is 6.42 Å². The molecule has 0 atom stereocenters. The Balaban J connectivity index is 2.15. The number of benzene rings is 1. The lowest BCUT2D eigenvalue weighted by molar-refractivity contribution is -0.136. The van der Waals surface area contributed by atoms with Crippen molar-refractivity contribution >= 4 is 17.7 Å². The zero-order valence-corrected chi connectivity index (χ0v) is 13.2. The minimum Gasteiger partial charge on any atom is -0.481 e. The Labute approximate surface area is 128 Å². The van der Waals surface area contributed by atoms with Gasteiger partial charge in [-0.2, -0.15) is 0 Å². The van der Waals surface area contributed by atoms with Crippen LogP contribution in [0.1, 0.15) is 28.3 Å². The van der Waals surface area contributed by atoms with E-state index in [4.69, 9.17) is 5.11 Å². The van der Waals surface area contributed by atoms with Gasteiger partial charge in [-0.3, -0.25) is 4.79 Å². The smallest absolute Gasteiger partial charge is 0.307 e. The fraction of sp³-hybridized carbons (Fsp3) is 0.312. The van der Waals surface area contributed by atoms with Crippen molar-refractivity contribution in [3.8, 4) is 0 Å². The zero-order chi connectivity index (χ0) is 15.4. The van der Waals surface area contributed by atoms with Crippen molar-refractivity contribution in [2.45, 2.75) is 37.8 Å². The zero-order valence-electron chi connectivity index (χ0n) is 12.4. The molecule has 2 rings (SSSR count). The fourth-order valence-corrected chi connectivity index (χ4v) is 3.03. The Morgan fingerprint density at radius 2 is 1.76 bits per heavy atom. The Morgan fingerprint density at radius 3 is 2.33 bits per heavy atom. The summed E-state index contributed by atoms with van der Waals surface area (Å²) in [7, 11) is 0. The van der Waals surface area contributed by atoms with Crippen LogP contribution in [0.25, 0.3) is 0 Å². The molecule has 0 aliphatic carbocycles. The first-order valence-corrected chi connectivity index (χ1v) is 7.69. The number of aliphatic carboxylic acids is 1.